The molecule has 2 heterocycles. The Kier molecular flexibility index (Phi) is 11.2. The van der Waals surface area contributed by atoms with Gasteiger partial charge >= 0.3 is 0 Å². The fraction of sp³-hybridized carbons (Fsp3) is 0.400. The molecule has 1 aliphatic rings. The van der Waals surface area contributed by atoms with Crippen LogP contribution in [0.15, 0.2) is 53.3 Å². The summed E-state index contributed by atoms with van der Waals surface area (Å²) < 4.78 is 46.4. The van der Waals surface area contributed by atoms with E-state index in [0.717, 1.165) is 6.08 Å². The van der Waals surface area contributed by atoms with Crippen LogP contribution < -0.4 is 5.73 Å². The van der Waals surface area contributed by atoms with Gasteiger partial charge in [0, 0.05) is 6.42 Å². The van der Waals surface area contributed by atoms with Crippen LogP contribution in [-0.4, -0.2) is 53.4 Å². The first-order valence-corrected chi connectivity index (χ1v) is 8.49. The Hall–Kier alpha value is -2.52. The number of carbonyl (C=O) groups is 1. The summed E-state index contributed by atoms with van der Waals surface area (Å²) in [5.41, 5.74) is 3.20. The number of hydrogen-bond acceptors (Lipinski definition) is 6. The van der Waals surface area contributed by atoms with Gasteiger partial charge in [-0.3, -0.25) is 9.79 Å². The van der Waals surface area contributed by atoms with E-state index in [1.54, 1.807) is 0 Å². The van der Waals surface area contributed by atoms with E-state index in [1.807, 2.05) is 0 Å². The van der Waals surface area contributed by atoms with Crippen molar-refractivity contribution in [3.63, 3.8) is 0 Å². The number of nitrogens with two attached hydrogens (primary N) is 1. The number of hydrogen-bond donors (Lipinski definition) is 1. The minimum absolute atomic E-state index is 0. The van der Waals surface area contributed by atoms with Gasteiger partial charge in [-0.2, -0.15) is 0 Å². The van der Waals surface area contributed by atoms with E-state index >= 15 is 0 Å². The summed E-state index contributed by atoms with van der Waals surface area (Å²) >= 11 is 5.64. The molecule has 2 N–H and O–H groups in total. The first-order valence-electron chi connectivity index (χ1n) is 8.12. The van der Waals surface area contributed by atoms with E-state index in [-0.39, 0.29) is 55.7 Å². The zero-order valence-corrected chi connectivity index (χ0v) is 15.5. The average molecular weight is 447 g/mol. The second kappa shape index (κ2) is 12.2. The molecule has 0 spiro atoms. The van der Waals surface area contributed by atoms with Gasteiger partial charge in [0.1, 0.15) is 30.0 Å². The van der Waals surface area contributed by atoms with Crippen LogP contribution >= 0.6 is 11.6 Å². The number of aliphatic imine (C=N–C) groups is 1. The number of alkyl halides is 3. The van der Waals surface area contributed by atoms with Gasteiger partial charge in [-0.05, 0) is 11.1 Å². The van der Waals surface area contributed by atoms with Crippen molar-refractivity contribution in [1.29, 1.82) is 0 Å². The summed E-state index contributed by atoms with van der Waals surface area (Å²) in [5, 5.41) is 0.115. The first kappa shape index (κ1) is 27.5. The molecule has 6 nitrogen and oxygen atoms in total. The lowest BCUT2D eigenvalue weighted by Crippen LogP contribution is -2.49. The Morgan fingerprint density at radius 2 is 2.07 bits per heavy atom. The second-order valence-electron chi connectivity index (χ2n) is 5.93. The molecule has 30 heavy (non-hydrogen) atoms. The minimum atomic E-state index is -3.06. The molecule has 2 rings (SSSR count). The summed E-state index contributed by atoms with van der Waals surface area (Å²) in [6, 6.07) is 0. The molecule has 0 aliphatic carbocycles. The Bertz CT molecular complexity index is 826. The molecule has 1 aliphatic heterocycles. The topological polar surface area (TPSA) is 90.5 Å². The van der Waals surface area contributed by atoms with Gasteiger partial charge in [0.25, 0.3) is 6.43 Å². The summed E-state index contributed by atoms with van der Waals surface area (Å²) in [7, 11) is 0. The zero-order valence-electron chi connectivity index (χ0n) is 14.7. The van der Waals surface area contributed by atoms with Crippen LogP contribution in [0.4, 0.5) is 13.2 Å². The number of ether oxygens (including phenoxy) is 1. The summed E-state index contributed by atoms with van der Waals surface area (Å²) in [6.07, 6.45) is 3.01. The molecular formula is C20H26ClF3N4O2. The molecule has 10 heteroatoms. The molecule has 166 valence electrons. The smallest absolute Gasteiger partial charge is 0.269 e. The van der Waals surface area contributed by atoms with E-state index in [9.17, 15) is 18.0 Å². The van der Waals surface area contributed by atoms with E-state index in [2.05, 4.69) is 21.5 Å². The Morgan fingerprint density at radius 3 is 2.57 bits per heavy atom. The molecule has 0 bridgehead atoms. The van der Waals surface area contributed by atoms with Crippen molar-refractivity contribution >= 4 is 23.2 Å². The lowest BCUT2D eigenvalue weighted by molar-refractivity contribution is 0.00586. The van der Waals surface area contributed by atoms with Gasteiger partial charge in [0.15, 0.2) is 11.3 Å². The molecule has 0 unspecified atom stereocenters. The molecular weight excluding hydrogens is 421 g/mol. The van der Waals surface area contributed by atoms with Crippen molar-refractivity contribution in [2.24, 2.45) is 10.7 Å². The van der Waals surface area contributed by atoms with Gasteiger partial charge in [-0.1, -0.05) is 51.3 Å². The van der Waals surface area contributed by atoms with E-state index in [0.29, 0.717) is 0 Å². The number of Topliss-reactive ketones (excluding diaryl/α,β-unsaturated/α-hetero) is 1. The maximum absolute atomic E-state index is 13.8. The van der Waals surface area contributed by atoms with Crippen LogP contribution in [-0.2, 0) is 4.74 Å². The number of nitrogens with zero attached hydrogens (tertiary/aromatic N) is 3. The fourth-order valence-electron chi connectivity index (χ4n) is 2.59. The molecule has 0 amide bonds. The van der Waals surface area contributed by atoms with Gasteiger partial charge in [-0.15, -0.1) is 0 Å². The highest BCUT2D eigenvalue weighted by atomic mass is 35.5. The lowest BCUT2D eigenvalue weighted by Gasteiger charge is -2.34. The second-order valence-corrected chi connectivity index (χ2v) is 6.31. The van der Waals surface area contributed by atoms with Crippen LogP contribution in [0, 0.1) is 0 Å². The van der Waals surface area contributed by atoms with Crippen molar-refractivity contribution in [1.82, 2.24) is 9.97 Å². The molecule has 0 radical (unpaired) electrons. The molecule has 0 saturated heterocycles. The summed E-state index contributed by atoms with van der Waals surface area (Å²) in [5.74, 6) is -0.617. The normalized spacial score (nSPS) is 19.4. The van der Waals surface area contributed by atoms with Crippen LogP contribution in [0.2, 0.25) is 5.15 Å². The van der Waals surface area contributed by atoms with Crippen molar-refractivity contribution in [3.05, 3.63) is 59.2 Å². The van der Waals surface area contributed by atoms with E-state index in [4.69, 9.17) is 22.1 Å². The van der Waals surface area contributed by atoms with Crippen molar-refractivity contribution in [3.8, 4) is 0 Å². The number of ketones is 1. The highest BCUT2D eigenvalue weighted by Crippen LogP contribution is 2.33. The largest absolute Gasteiger partial charge is 0.385 e. The number of rotatable bonds is 8. The van der Waals surface area contributed by atoms with Gasteiger partial charge in [0.05, 0.1) is 19.0 Å². The maximum atomic E-state index is 13.8. The molecule has 1 atom stereocenters. The van der Waals surface area contributed by atoms with Gasteiger partial charge < -0.3 is 10.5 Å². The van der Waals surface area contributed by atoms with E-state index < -0.39 is 31.0 Å². The molecule has 1 aromatic rings. The molecule has 0 fully saturated rings. The van der Waals surface area contributed by atoms with E-state index in [1.165, 1.54) is 24.5 Å². The monoisotopic (exact) mass is 446 g/mol. The number of amidine groups is 1. The first-order chi connectivity index (χ1) is 13.3. The van der Waals surface area contributed by atoms with Gasteiger partial charge in [-0.25, -0.2) is 23.1 Å². The molecule has 0 saturated carbocycles. The standard InChI is InChI=1S/C18H18ClF3N4O2.2CH4/c1-2-3-11(5-14(27)13-7-25-15(19)8-24-13)4-12(6-20)18(17(21)22)10-28-9-16(23)26-18;;/h2-4,7-8,17H,1,5-6,9-10H2,(H2,23,26);2*1H4/b11-3+,12-4+;;/t18-;;/m0../s1. The lowest BCUT2D eigenvalue weighted by atomic mass is 9.88. The highest BCUT2D eigenvalue weighted by Gasteiger charge is 2.46. The fourth-order valence-corrected chi connectivity index (χ4v) is 2.69. The molecule has 0 aromatic carbocycles. The number of allylic oxidation sites excluding steroid dienone is 4. The zero-order chi connectivity index (χ0) is 20.7. The van der Waals surface area contributed by atoms with Crippen LogP contribution in [0.5, 0.6) is 0 Å². The summed E-state index contributed by atoms with van der Waals surface area (Å²) in [6.45, 7) is 1.65. The Morgan fingerprint density at radius 1 is 1.37 bits per heavy atom. The quantitative estimate of drug-likeness (QED) is 0.473. The number of aromatic nitrogens is 2. The Balaban J connectivity index is 0.00000420. The minimum Gasteiger partial charge on any atom is -0.385 e. The van der Waals surface area contributed by atoms with Crippen LogP contribution in [0.3, 0.4) is 0 Å². The number of halogens is 4. The SMILES string of the molecule is C.C.C=C/C=C(\C=C(/CF)[C@]1(C(F)F)COCC(N)=N1)CC(=O)c1cnc(Cl)cn1. The number of carbonyl (C=O) groups excluding carboxylic acids is 1. The predicted molar refractivity (Wildman–Crippen MR) is 113 cm³/mol. The van der Waals surface area contributed by atoms with Crippen molar-refractivity contribution in [2.75, 3.05) is 19.9 Å². The third-order valence-electron chi connectivity index (χ3n) is 3.94. The van der Waals surface area contributed by atoms with Crippen molar-refractivity contribution < 1.29 is 22.7 Å². The maximum Gasteiger partial charge on any atom is 0.269 e. The van der Waals surface area contributed by atoms with Crippen LogP contribution in [0.25, 0.3) is 0 Å². The third-order valence-corrected chi connectivity index (χ3v) is 4.13. The Labute approximate surface area is 179 Å². The average Bonchev–Trinajstić information content (AvgIpc) is 2.66. The molecule has 1 aromatic heterocycles. The van der Waals surface area contributed by atoms with Gasteiger partial charge in [0.2, 0.25) is 0 Å². The third kappa shape index (κ3) is 6.50. The predicted octanol–water partition coefficient (Wildman–Crippen LogP) is 4.37. The van der Waals surface area contributed by atoms with Crippen LogP contribution in [0.1, 0.15) is 31.8 Å². The van der Waals surface area contributed by atoms with Crippen molar-refractivity contribution in [2.45, 2.75) is 33.2 Å². The highest BCUT2D eigenvalue weighted by molar-refractivity contribution is 6.29. The summed E-state index contributed by atoms with van der Waals surface area (Å²) in [4.78, 5) is 23.8.